The van der Waals surface area contributed by atoms with Gasteiger partial charge >= 0.3 is 0 Å². The Morgan fingerprint density at radius 3 is 2.57 bits per heavy atom. The van der Waals surface area contributed by atoms with Crippen LogP contribution in [0.4, 0.5) is 0 Å². The maximum absolute atomic E-state index is 13.2. The van der Waals surface area contributed by atoms with Crippen LogP contribution in [0.3, 0.4) is 0 Å². The highest BCUT2D eigenvalue weighted by atomic mass is 35.5. The van der Waals surface area contributed by atoms with E-state index in [4.69, 9.17) is 16.3 Å². The molecule has 9 heteroatoms. The molecule has 5 rings (SSSR count). The Kier molecular flexibility index (Phi) is 6.90. The van der Waals surface area contributed by atoms with E-state index < -0.39 is 10.0 Å². The highest BCUT2D eigenvalue weighted by Crippen LogP contribution is 2.35. The number of H-pyrrole nitrogens is 1. The molecular weight excluding hydrogens is 486 g/mol. The molecule has 2 aromatic carbocycles. The molecule has 2 fully saturated rings. The summed E-state index contributed by atoms with van der Waals surface area (Å²) in [6.45, 7) is 3.79. The highest BCUT2D eigenvalue weighted by molar-refractivity contribution is 7.89. The summed E-state index contributed by atoms with van der Waals surface area (Å²) in [5, 5.41) is 1.35. The lowest BCUT2D eigenvalue weighted by molar-refractivity contribution is -0.144. The number of halogens is 1. The highest BCUT2D eigenvalue weighted by Gasteiger charge is 2.34. The SMILES string of the molecule is C[C@H]1COCCN1C(=O)C1CCC(NS(=O)(=O)c2ccc3c(Cl)c(-c4ccccc4)[nH]c3c2)CC1. The number of benzene rings is 2. The van der Waals surface area contributed by atoms with Gasteiger partial charge in [-0.3, -0.25) is 4.79 Å². The molecule has 35 heavy (non-hydrogen) atoms. The predicted octanol–water partition coefficient (Wildman–Crippen LogP) is 4.57. The van der Waals surface area contributed by atoms with E-state index in [0.29, 0.717) is 56.0 Å². The molecule has 2 aliphatic rings. The van der Waals surface area contributed by atoms with Crippen LogP contribution in [0, 0.1) is 5.92 Å². The summed E-state index contributed by atoms with van der Waals surface area (Å²) in [6.07, 6.45) is 2.65. The second-order valence-electron chi connectivity index (χ2n) is 9.51. The summed E-state index contributed by atoms with van der Waals surface area (Å²) in [7, 11) is -3.71. The molecule has 2 N–H and O–H groups in total. The Morgan fingerprint density at radius 1 is 1.11 bits per heavy atom. The number of hydrogen-bond donors (Lipinski definition) is 2. The van der Waals surface area contributed by atoms with Gasteiger partial charge in [-0.1, -0.05) is 41.9 Å². The van der Waals surface area contributed by atoms with Crippen LogP contribution in [-0.4, -0.2) is 56.1 Å². The van der Waals surface area contributed by atoms with Crippen LogP contribution in [0.25, 0.3) is 22.2 Å². The molecule has 1 atom stereocenters. The Balaban J connectivity index is 1.26. The maximum atomic E-state index is 13.2. The molecule has 3 aromatic rings. The molecule has 0 radical (unpaired) electrons. The van der Waals surface area contributed by atoms with Gasteiger partial charge in [-0.15, -0.1) is 0 Å². The Morgan fingerprint density at radius 2 is 1.86 bits per heavy atom. The molecule has 1 saturated carbocycles. The van der Waals surface area contributed by atoms with Crippen molar-refractivity contribution in [2.24, 2.45) is 5.92 Å². The Bertz CT molecular complexity index is 1320. The van der Waals surface area contributed by atoms with Gasteiger partial charge in [0.05, 0.1) is 34.9 Å². The molecule has 0 spiro atoms. The number of fused-ring (bicyclic) bond motifs is 1. The molecule has 1 amide bonds. The third-order valence-corrected chi connectivity index (χ3v) is 9.04. The molecule has 1 aromatic heterocycles. The van der Waals surface area contributed by atoms with E-state index in [1.807, 2.05) is 42.2 Å². The molecule has 7 nitrogen and oxygen atoms in total. The van der Waals surface area contributed by atoms with Crippen molar-refractivity contribution in [2.45, 2.75) is 49.6 Å². The van der Waals surface area contributed by atoms with Crippen LogP contribution in [0.2, 0.25) is 5.02 Å². The number of nitrogens with zero attached hydrogens (tertiary/aromatic N) is 1. The number of ether oxygens (including phenoxy) is 1. The van der Waals surface area contributed by atoms with Crippen molar-refractivity contribution in [1.82, 2.24) is 14.6 Å². The van der Waals surface area contributed by atoms with Crippen LogP contribution in [0.1, 0.15) is 32.6 Å². The number of amides is 1. The summed E-state index contributed by atoms with van der Waals surface area (Å²) in [5.41, 5.74) is 2.38. The van der Waals surface area contributed by atoms with Gasteiger partial charge < -0.3 is 14.6 Å². The van der Waals surface area contributed by atoms with Gasteiger partial charge in [-0.2, -0.15) is 0 Å². The molecule has 0 unspecified atom stereocenters. The monoisotopic (exact) mass is 515 g/mol. The van der Waals surface area contributed by atoms with Crippen LogP contribution in [0.5, 0.6) is 0 Å². The second-order valence-corrected chi connectivity index (χ2v) is 11.6. The zero-order chi connectivity index (χ0) is 24.6. The summed E-state index contributed by atoms with van der Waals surface area (Å²) < 4.78 is 34.6. The van der Waals surface area contributed by atoms with Gasteiger partial charge in [0.15, 0.2) is 0 Å². The third kappa shape index (κ3) is 4.98. The summed E-state index contributed by atoms with van der Waals surface area (Å²) >= 11 is 6.58. The van der Waals surface area contributed by atoms with Gasteiger partial charge in [0.2, 0.25) is 15.9 Å². The molecule has 1 aliphatic heterocycles. The molecule has 186 valence electrons. The van der Waals surface area contributed by atoms with E-state index in [9.17, 15) is 13.2 Å². The predicted molar refractivity (Wildman–Crippen MR) is 137 cm³/mol. The smallest absolute Gasteiger partial charge is 0.240 e. The average molecular weight is 516 g/mol. The second kappa shape index (κ2) is 9.93. The van der Waals surface area contributed by atoms with Crippen LogP contribution in [-0.2, 0) is 19.6 Å². The number of aromatic nitrogens is 1. The Hall–Kier alpha value is -2.39. The number of carbonyl (C=O) groups excluding carboxylic acids is 1. The number of sulfonamides is 1. The quantitative estimate of drug-likeness (QED) is 0.520. The fourth-order valence-corrected chi connectivity index (χ4v) is 6.80. The minimum atomic E-state index is -3.71. The first kappa shape index (κ1) is 24.3. The lowest BCUT2D eigenvalue weighted by Gasteiger charge is -2.37. The lowest BCUT2D eigenvalue weighted by Crippen LogP contribution is -2.50. The zero-order valence-corrected chi connectivity index (χ0v) is 21.2. The van der Waals surface area contributed by atoms with E-state index in [1.165, 1.54) is 0 Å². The Labute approximate surface area is 210 Å². The topological polar surface area (TPSA) is 91.5 Å². The summed E-state index contributed by atoms with van der Waals surface area (Å²) in [5.74, 6) is 0.121. The van der Waals surface area contributed by atoms with Gasteiger partial charge in [-0.05, 0) is 56.4 Å². The number of nitrogens with one attached hydrogen (secondary N) is 2. The first-order valence-corrected chi connectivity index (χ1v) is 14.0. The first-order valence-electron chi connectivity index (χ1n) is 12.1. The van der Waals surface area contributed by atoms with E-state index >= 15 is 0 Å². The van der Waals surface area contributed by atoms with Gasteiger partial charge in [0.25, 0.3) is 0 Å². The minimum absolute atomic E-state index is 0.0508. The number of hydrogen-bond acceptors (Lipinski definition) is 4. The van der Waals surface area contributed by atoms with Crippen LogP contribution < -0.4 is 4.72 Å². The van der Waals surface area contributed by atoms with Crippen molar-refractivity contribution in [3.05, 3.63) is 53.6 Å². The molecule has 1 saturated heterocycles. The summed E-state index contributed by atoms with van der Waals surface area (Å²) in [4.78, 5) is 18.3. The van der Waals surface area contributed by atoms with Crippen molar-refractivity contribution in [1.29, 1.82) is 0 Å². The third-order valence-electron chi connectivity index (χ3n) is 7.13. The number of rotatable bonds is 5. The minimum Gasteiger partial charge on any atom is -0.377 e. The fraction of sp³-hybridized carbons (Fsp3) is 0.423. The van der Waals surface area contributed by atoms with Crippen molar-refractivity contribution in [3.63, 3.8) is 0 Å². The molecular formula is C26H30ClN3O4S. The fourth-order valence-electron chi connectivity index (χ4n) is 5.15. The van der Waals surface area contributed by atoms with E-state index in [0.717, 1.165) is 16.6 Å². The van der Waals surface area contributed by atoms with Gasteiger partial charge in [-0.25, -0.2) is 13.1 Å². The van der Waals surface area contributed by atoms with E-state index in [2.05, 4.69) is 9.71 Å². The van der Waals surface area contributed by atoms with Crippen molar-refractivity contribution in [3.8, 4) is 11.3 Å². The molecule has 1 aliphatic carbocycles. The van der Waals surface area contributed by atoms with Crippen molar-refractivity contribution < 1.29 is 17.9 Å². The van der Waals surface area contributed by atoms with Crippen LogP contribution in [0.15, 0.2) is 53.4 Å². The lowest BCUT2D eigenvalue weighted by atomic mass is 9.85. The van der Waals surface area contributed by atoms with Crippen molar-refractivity contribution >= 4 is 38.4 Å². The van der Waals surface area contributed by atoms with E-state index in [1.54, 1.807) is 18.2 Å². The largest absolute Gasteiger partial charge is 0.377 e. The van der Waals surface area contributed by atoms with Gasteiger partial charge in [0.1, 0.15) is 0 Å². The maximum Gasteiger partial charge on any atom is 0.240 e. The van der Waals surface area contributed by atoms with E-state index in [-0.39, 0.29) is 28.8 Å². The average Bonchev–Trinajstić information content (AvgIpc) is 3.20. The number of morpholine rings is 1. The van der Waals surface area contributed by atoms with Crippen molar-refractivity contribution in [2.75, 3.05) is 19.8 Å². The number of aromatic amines is 1. The first-order chi connectivity index (χ1) is 16.8. The van der Waals surface area contributed by atoms with Gasteiger partial charge in [0, 0.05) is 29.4 Å². The normalized spacial score (nSPS) is 23.5. The number of carbonyl (C=O) groups is 1. The standard InChI is InChI=1S/C26H30ClN3O4S/c1-17-16-34-14-13-30(17)26(31)19-7-9-20(10-8-19)29-35(32,33)21-11-12-22-23(15-21)28-25(24(22)27)18-5-3-2-4-6-18/h2-6,11-12,15,17,19-20,28-29H,7-10,13-14,16H2,1H3/t17-,19?,20?/m0/s1. The molecule has 2 heterocycles. The zero-order valence-electron chi connectivity index (χ0n) is 19.7. The molecule has 0 bridgehead atoms. The van der Waals surface area contributed by atoms with Crippen LogP contribution >= 0.6 is 11.6 Å². The summed E-state index contributed by atoms with van der Waals surface area (Å²) in [6, 6.07) is 14.6.